The number of likely N-dealkylation sites (tertiary alicyclic amines) is 1. The van der Waals surface area contributed by atoms with E-state index in [-0.39, 0.29) is 12.0 Å². The molecule has 0 saturated carbocycles. The molecule has 156 valence electrons. The highest BCUT2D eigenvalue weighted by molar-refractivity contribution is 5.92. The molecule has 8 heteroatoms. The van der Waals surface area contributed by atoms with Gasteiger partial charge in [0.05, 0.1) is 24.6 Å². The Bertz CT molecular complexity index is 887. The number of ether oxygens (including phenoxy) is 2. The van der Waals surface area contributed by atoms with Crippen LogP contribution in [0.15, 0.2) is 6.07 Å². The van der Waals surface area contributed by atoms with Crippen LogP contribution in [-0.4, -0.2) is 63.0 Å². The van der Waals surface area contributed by atoms with E-state index in [1.165, 1.54) is 0 Å². The zero-order chi connectivity index (χ0) is 20.4. The number of aromatic nitrogens is 4. The molecule has 0 spiro atoms. The van der Waals surface area contributed by atoms with E-state index in [0.29, 0.717) is 37.9 Å². The molecule has 0 atom stereocenters. The number of aryl methyl sites for hydroxylation is 3. The van der Waals surface area contributed by atoms with Crippen LogP contribution >= 0.6 is 0 Å². The average molecular weight is 399 g/mol. The lowest BCUT2D eigenvalue weighted by molar-refractivity contribution is 0.0574. The minimum Gasteiger partial charge on any atom is -0.474 e. The molecule has 1 amide bonds. The molecule has 2 aliphatic rings. The molecule has 2 aromatic rings. The SMILES string of the molecule is CCc1nc2c(c(OC3CCN(C(=O)c4cc(C)nn4C)CC3)n1)CCOCC2. The quantitative estimate of drug-likeness (QED) is 0.781. The molecular formula is C21H29N5O3. The van der Waals surface area contributed by atoms with Gasteiger partial charge in [0.1, 0.15) is 17.6 Å². The normalized spacial score (nSPS) is 17.7. The van der Waals surface area contributed by atoms with E-state index < -0.39 is 0 Å². The maximum Gasteiger partial charge on any atom is 0.272 e. The third kappa shape index (κ3) is 4.27. The van der Waals surface area contributed by atoms with E-state index in [1.54, 1.807) is 4.68 Å². The predicted molar refractivity (Wildman–Crippen MR) is 107 cm³/mol. The minimum atomic E-state index is 0.0351. The van der Waals surface area contributed by atoms with Gasteiger partial charge in [-0.1, -0.05) is 6.92 Å². The Balaban J connectivity index is 1.43. The van der Waals surface area contributed by atoms with E-state index in [2.05, 4.69) is 17.0 Å². The van der Waals surface area contributed by atoms with Crippen molar-refractivity contribution in [1.29, 1.82) is 0 Å². The summed E-state index contributed by atoms with van der Waals surface area (Å²) in [7, 11) is 1.81. The molecule has 0 aromatic carbocycles. The monoisotopic (exact) mass is 399 g/mol. The second-order valence-electron chi connectivity index (χ2n) is 7.74. The summed E-state index contributed by atoms with van der Waals surface area (Å²) in [6, 6.07) is 1.84. The van der Waals surface area contributed by atoms with Crippen molar-refractivity contribution in [1.82, 2.24) is 24.6 Å². The first-order valence-electron chi connectivity index (χ1n) is 10.5. The van der Waals surface area contributed by atoms with Crippen LogP contribution in [0.1, 0.15) is 53.0 Å². The van der Waals surface area contributed by atoms with Crippen LogP contribution in [0.2, 0.25) is 0 Å². The van der Waals surface area contributed by atoms with Crippen molar-refractivity contribution >= 4 is 5.91 Å². The standard InChI is InChI=1S/C21H29N5O3/c1-4-19-22-17-8-12-28-11-7-16(17)20(23-19)29-15-5-9-26(10-6-15)21(27)18-13-14(2)24-25(18)3/h13,15H,4-12H2,1-3H3. The highest BCUT2D eigenvalue weighted by Gasteiger charge is 2.28. The number of piperidine rings is 1. The molecule has 4 rings (SSSR count). The van der Waals surface area contributed by atoms with Crippen molar-refractivity contribution in [3.8, 4) is 5.88 Å². The van der Waals surface area contributed by atoms with Crippen LogP contribution in [0.5, 0.6) is 5.88 Å². The summed E-state index contributed by atoms with van der Waals surface area (Å²) >= 11 is 0. The van der Waals surface area contributed by atoms with Gasteiger partial charge in [-0.3, -0.25) is 9.48 Å². The molecule has 0 radical (unpaired) electrons. The molecule has 0 unspecified atom stereocenters. The van der Waals surface area contributed by atoms with Crippen LogP contribution in [-0.2, 0) is 31.0 Å². The van der Waals surface area contributed by atoms with Gasteiger partial charge >= 0.3 is 0 Å². The van der Waals surface area contributed by atoms with Gasteiger partial charge in [0.2, 0.25) is 5.88 Å². The van der Waals surface area contributed by atoms with E-state index in [1.807, 2.05) is 24.9 Å². The number of amides is 1. The molecule has 0 aliphatic carbocycles. The molecule has 1 fully saturated rings. The van der Waals surface area contributed by atoms with E-state index >= 15 is 0 Å². The number of nitrogens with zero attached hydrogens (tertiary/aromatic N) is 5. The zero-order valence-electron chi connectivity index (χ0n) is 17.5. The largest absolute Gasteiger partial charge is 0.474 e. The van der Waals surface area contributed by atoms with Crippen molar-refractivity contribution in [3.05, 3.63) is 34.5 Å². The first-order valence-corrected chi connectivity index (χ1v) is 10.5. The number of hydrogen-bond acceptors (Lipinski definition) is 6. The maximum absolute atomic E-state index is 12.8. The van der Waals surface area contributed by atoms with Gasteiger partial charge in [-0.25, -0.2) is 4.98 Å². The summed E-state index contributed by atoms with van der Waals surface area (Å²) in [4.78, 5) is 24.1. The first-order chi connectivity index (χ1) is 14.0. The van der Waals surface area contributed by atoms with Crippen molar-refractivity contribution in [2.75, 3.05) is 26.3 Å². The second kappa shape index (κ2) is 8.49. The fourth-order valence-corrected chi connectivity index (χ4v) is 4.02. The third-order valence-electron chi connectivity index (χ3n) is 5.63. The smallest absolute Gasteiger partial charge is 0.272 e. The number of fused-ring (bicyclic) bond motifs is 1. The molecule has 29 heavy (non-hydrogen) atoms. The molecular weight excluding hydrogens is 370 g/mol. The Hall–Kier alpha value is -2.48. The molecule has 8 nitrogen and oxygen atoms in total. The minimum absolute atomic E-state index is 0.0351. The van der Waals surface area contributed by atoms with Gasteiger partial charge in [0.25, 0.3) is 5.91 Å². The van der Waals surface area contributed by atoms with E-state index in [9.17, 15) is 4.79 Å². The van der Waals surface area contributed by atoms with Crippen LogP contribution in [0, 0.1) is 6.92 Å². The summed E-state index contributed by atoms with van der Waals surface area (Å²) in [5, 5.41) is 4.28. The Labute approximate surface area is 171 Å². The first kappa shape index (κ1) is 19.8. The molecule has 4 heterocycles. The molecule has 0 bridgehead atoms. The Kier molecular flexibility index (Phi) is 5.80. The average Bonchev–Trinajstić information content (AvgIpc) is 2.91. The number of carbonyl (C=O) groups is 1. The van der Waals surface area contributed by atoms with Gasteiger partial charge in [-0.15, -0.1) is 0 Å². The van der Waals surface area contributed by atoms with E-state index in [0.717, 1.165) is 54.9 Å². The lowest BCUT2D eigenvalue weighted by Gasteiger charge is -2.32. The summed E-state index contributed by atoms with van der Waals surface area (Å²) in [6.45, 7) is 6.67. The highest BCUT2D eigenvalue weighted by Crippen LogP contribution is 2.26. The maximum atomic E-state index is 12.8. The van der Waals surface area contributed by atoms with Gasteiger partial charge in [-0.05, 0) is 13.0 Å². The molecule has 0 N–H and O–H groups in total. The summed E-state index contributed by atoms with van der Waals surface area (Å²) in [5.41, 5.74) is 3.64. The fraction of sp³-hybridized carbons (Fsp3) is 0.619. The zero-order valence-corrected chi connectivity index (χ0v) is 17.5. The number of hydrogen-bond donors (Lipinski definition) is 0. The van der Waals surface area contributed by atoms with E-state index in [4.69, 9.17) is 14.5 Å². The van der Waals surface area contributed by atoms with Crippen LogP contribution in [0.3, 0.4) is 0 Å². The van der Waals surface area contributed by atoms with Crippen molar-refractivity contribution in [2.24, 2.45) is 7.05 Å². The number of carbonyl (C=O) groups excluding carboxylic acids is 1. The topological polar surface area (TPSA) is 82.4 Å². The van der Waals surface area contributed by atoms with Crippen molar-refractivity contribution < 1.29 is 14.3 Å². The lowest BCUT2D eigenvalue weighted by Crippen LogP contribution is -2.42. The lowest BCUT2D eigenvalue weighted by atomic mass is 10.1. The molecule has 2 aliphatic heterocycles. The van der Waals surface area contributed by atoms with Crippen molar-refractivity contribution in [2.45, 2.75) is 52.1 Å². The van der Waals surface area contributed by atoms with Crippen LogP contribution in [0.4, 0.5) is 0 Å². The number of rotatable bonds is 4. The van der Waals surface area contributed by atoms with Gasteiger partial charge < -0.3 is 14.4 Å². The van der Waals surface area contributed by atoms with Gasteiger partial charge in [-0.2, -0.15) is 10.1 Å². The Morgan fingerprint density at radius 1 is 1.24 bits per heavy atom. The van der Waals surface area contributed by atoms with Crippen LogP contribution < -0.4 is 4.74 Å². The summed E-state index contributed by atoms with van der Waals surface area (Å²) in [5.74, 6) is 1.57. The molecule has 2 aromatic heterocycles. The predicted octanol–water partition coefficient (Wildman–Crippen LogP) is 1.88. The second-order valence-corrected chi connectivity index (χ2v) is 7.74. The van der Waals surface area contributed by atoms with Crippen molar-refractivity contribution in [3.63, 3.8) is 0 Å². The summed E-state index contributed by atoms with van der Waals surface area (Å²) < 4.78 is 13.6. The third-order valence-corrected chi connectivity index (χ3v) is 5.63. The fourth-order valence-electron chi connectivity index (χ4n) is 4.02. The van der Waals surface area contributed by atoms with Gasteiger partial charge in [0, 0.05) is 57.8 Å². The highest BCUT2D eigenvalue weighted by atomic mass is 16.5. The van der Waals surface area contributed by atoms with Crippen LogP contribution in [0.25, 0.3) is 0 Å². The Morgan fingerprint density at radius 3 is 2.69 bits per heavy atom. The Morgan fingerprint density at radius 2 is 2.00 bits per heavy atom. The van der Waals surface area contributed by atoms with Gasteiger partial charge in [0.15, 0.2) is 0 Å². The summed E-state index contributed by atoms with van der Waals surface area (Å²) in [6.07, 6.45) is 4.00. The molecule has 1 saturated heterocycles.